The second kappa shape index (κ2) is 4.22. The van der Waals surface area contributed by atoms with Gasteiger partial charge in [0, 0.05) is 12.7 Å². The lowest BCUT2D eigenvalue weighted by Crippen LogP contribution is -2.53. The first-order chi connectivity index (χ1) is 7.65. The van der Waals surface area contributed by atoms with Crippen molar-refractivity contribution in [2.75, 3.05) is 24.7 Å². The van der Waals surface area contributed by atoms with Gasteiger partial charge in [-0.05, 0) is 26.0 Å². The molecular weight excluding hydrogens is 204 g/mol. The van der Waals surface area contributed by atoms with Gasteiger partial charge in [0.15, 0.2) is 6.29 Å². The molecule has 0 radical (unpaired) electrons. The van der Waals surface area contributed by atoms with Crippen LogP contribution in [-0.2, 0) is 4.74 Å². The first-order valence-corrected chi connectivity index (χ1v) is 5.41. The van der Waals surface area contributed by atoms with E-state index in [0.717, 1.165) is 18.6 Å². The van der Waals surface area contributed by atoms with Crippen LogP contribution in [0.15, 0.2) is 18.3 Å². The lowest BCUT2D eigenvalue weighted by Gasteiger charge is -2.43. The van der Waals surface area contributed by atoms with Crippen LogP contribution in [0.1, 0.15) is 24.2 Å². The molecule has 4 heteroatoms. The maximum Gasteiger partial charge on any atom is 0.153 e. The van der Waals surface area contributed by atoms with E-state index in [1.54, 1.807) is 18.3 Å². The molecule has 0 unspecified atom stereocenters. The third kappa shape index (κ3) is 1.93. The fraction of sp³-hybridized carbons (Fsp3) is 0.500. The molecule has 1 aliphatic heterocycles. The normalized spacial score (nSPS) is 19.5. The average Bonchev–Trinajstić information content (AvgIpc) is 2.28. The monoisotopic (exact) mass is 220 g/mol. The van der Waals surface area contributed by atoms with Gasteiger partial charge in [0.1, 0.15) is 5.82 Å². The number of anilines is 1. The van der Waals surface area contributed by atoms with Crippen molar-refractivity contribution in [1.29, 1.82) is 0 Å². The second-order valence-corrected chi connectivity index (χ2v) is 4.55. The van der Waals surface area contributed by atoms with Crippen LogP contribution >= 0.6 is 0 Å². The van der Waals surface area contributed by atoms with Gasteiger partial charge in [0.25, 0.3) is 0 Å². The van der Waals surface area contributed by atoms with Crippen LogP contribution in [0.5, 0.6) is 0 Å². The summed E-state index contributed by atoms with van der Waals surface area (Å²) >= 11 is 0. The molecule has 1 aromatic rings. The van der Waals surface area contributed by atoms with E-state index in [4.69, 9.17) is 4.74 Å². The minimum atomic E-state index is -0.121. The van der Waals surface area contributed by atoms with Crippen molar-refractivity contribution in [2.45, 2.75) is 19.4 Å². The van der Waals surface area contributed by atoms with Gasteiger partial charge in [-0.25, -0.2) is 4.98 Å². The highest BCUT2D eigenvalue weighted by atomic mass is 16.5. The number of aromatic nitrogens is 1. The number of pyridine rings is 1. The van der Waals surface area contributed by atoms with Gasteiger partial charge in [-0.2, -0.15) is 0 Å². The zero-order valence-corrected chi connectivity index (χ0v) is 9.64. The molecule has 4 nitrogen and oxygen atoms in total. The number of hydrogen-bond donors (Lipinski definition) is 0. The minimum absolute atomic E-state index is 0.121. The number of hydrogen-bond acceptors (Lipinski definition) is 4. The minimum Gasteiger partial charge on any atom is -0.377 e. The predicted molar refractivity (Wildman–Crippen MR) is 61.9 cm³/mol. The molecule has 2 rings (SSSR count). The summed E-state index contributed by atoms with van der Waals surface area (Å²) in [5.74, 6) is 0.755. The average molecular weight is 220 g/mol. The Hall–Kier alpha value is -1.42. The van der Waals surface area contributed by atoms with Crippen molar-refractivity contribution in [3.63, 3.8) is 0 Å². The van der Waals surface area contributed by atoms with Gasteiger partial charge < -0.3 is 9.64 Å². The molecule has 0 saturated carbocycles. The molecular formula is C12H16N2O2. The van der Waals surface area contributed by atoms with Crippen molar-refractivity contribution in [3.8, 4) is 0 Å². The number of aldehydes is 1. The molecule has 0 amide bonds. The maximum absolute atomic E-state index is 11.0. The topological polar surface area (TPSA) is 42.4 Å². The summed E-state index contributed by atoms with van der Waals surface area (Å²) in [5, 5.41) is 0. The molecule has 0 atom stereocenters. The van der Waals surface area contributed by atoms with Gasteiger partial charge >= 0.3 is 0 Å². The first kappa shape index (κ1) is 11.1. The third-order valence-electron chi connectivity index (χ3n) is 2.84. The van der Waals surface area contributed by atoms with Crippen molar-refractivity contribution in [3.05, 3.63) is 23.9 Å². The molecule has 1 aliphatic rings. The van der Waals surface area contributed by atoms with Crippen molar-refractivity contribution >= 4 is 12.1 Å². The Balaban J connectivity index is 2.38. The van der Waals surface area contributed by atoms with E-state index >= 15 is 0 Å². The van der Waals surface area contributed by atoms with E-state index in [0.29, 0.717) is 18.8 Å². The molecule has 1 aromatic heterocycles. The highest BCUT2D eigenvalue weighted by Crippen LogP contribution is 2.26. The lowest BCUT2D eigenvalue weighted by atomic mass is 10.0. The summed E-state index contributed by atoms with van der Waals surface area (Å²) in [6.07, 6.45) is 2.57. The Labute approximate surface area is 95.2 Å². The number of morpholine rings is 1. The molecule has 2 heterocycles. The number of carbonyl (C=O) groups excluding carboxylic acids is 1. The Bertz CT molecular complexity index is 390. The molecule has 16 heavy (non-hydrogen) atoms. The number of ether oxygens (including phenoxy) is 1. The van der Waals surface area contributed by atoms with Crippen LogP contribution in [0, 0.1) is 0 Å². The zero-order valence-electron chi connectivity index (χ0n) is 9.64. The molecule has 0 aliphatic carbocycles. The van der Waals surface area contributed by atoms with E-state index in [9.17, 15) is 4.79 Å². The summed E-state index contributed by atoms with van der Waals surface area (Å²) < 4.78 is 5.45. The molecule has 0 N–H and O–H groups in total. The van der Waals surface area contributed by atoms with E-state index < -0.39 is 0 Å². The van der Waals surface area contributed by atoms with Crippen LogP contribution in [0.4, 0.5) is 5.82 Å². The number of carbonyl (C=O) groups is 1. The Morgan fingerprint density at radius 2 is 2.38 bits per heavy atom. The largest absolute Gasteiger partial charge is 0.377 e. The fourth-order valence-electron chi connectivity index (χ4n) is 1.98. The van der Waals surface area contributed by atoms with Gasteiger partial charge in [-0.1, -0.05) is 0 Å². The summed E-state index contributed by atoms with van der Waals surface area (Å²) in [6.45, 7) is 6.29. The van der Waals surface area contributed by atoms with E-state index in [1.165, 1.54) is 0 Å². The summed E-state index contributed by atoms with van der Waals surface area (Å²) in [6, 6.07) is 3.57. The molecule has 1 saturated heterocycles. The second-order valence-electron chi connectivity index (χ2n) is 4.55. The van der Waals surface area contributed by atoms with E-state index in [-0.39, 0.29) is 5.54 Å². The van der Waals surface area contributed by atoms with Crippen LogP contribution < -0.4 is 4.90 Å². The van der Waals surface area contributed by atoms with Crippen molar-refractivity contribution < 1.29 is 9.53 Å². The molecule has 86 valence electrons. The standard InChI is InChI=1S/C12H16N2O2/c1-12(2)9-16-7-6-14(12)11-10(8-15)4-3-5-13-11/h3-5,8H,6-7,9H2,1-2H3. The molecule has 0 bridgehead atoms. The Morgan fingerprint density at radius 3 is 3.06 bits per heavy atom. The number of nitrogens with zero attached hydrogens (tertiary/aromatic N) is 2. The molecule has 0 aromatic carbocycles. The number of rotatable bonds is 2. The van der Waals surface area contributed by atoms with Crippen LogP contribution in [0.25, 0.3) is 0 Å². The first-order valence-electron chi connectivity index (χ1n) is 5.41. The van der Waals surface area contributed by atoms with Crippen molar-refractivity contribution in [1.82, 2.24) is 4.98 Å². The molecule has 1 fully saturated rings. The summed E-state index contributed by atoms with van der Waals surface area (Å²) in [4.78, 5) is 17.4. The van der Waals surface area contributed by atoms with Crippen LogP contribution in [0.3, 0.4) is 0 Å². The maximum atomic E-state index is 11.0. The third-order valence-corrected chi connectivity index (χ3v) is 2.84. The lowest BCUT2D eigenvalue weighted by molar-refractivity contribution is 0.0638. The van der Waals surface area contributed by atoms with Crippen LogP contribution in [0.2, 0.25) is 0 Å². The Kier molecular flexibility index (Phi) is 2.92. The zero-order chi connectivity index (χ0) is 11.6. The smallest absolute Gasteiger partial charge is 0.153 e. The van der Waals surface area contributed by atoms with Crippen LogP contribution in [-0.4, -0.2) is 36.6 Å². The van der Waals surface area contributed by atoms with E-state index in [1.807, 2.05) is 0 Å². The summed E-state index contributed by atoms with van der Waals surface area (Å²) in [5.41, 5.74) is 0.516. The van der Waals surface area contributed by atoms with Gasteiger partial charge in [0.05, 0.1) is 24.3 Å². The van der Waals surface area contributed by atoms with Gasteiger partial charge in [-0.15, -0.1) is 0 Å². The summed E-state index contributed by atoms with van der Waals surface area (Å²) in [7, 11) is 0. The fourth-order valence-corrected chi connectivity index (χ4v) is 1.98. The molecule has 0 spiro atoms. The van der Waals surface area contributed by atoms with Gasteiger partial charge in [0.2, 0.25) is 0 Å². The Morgan fingerprint density at radius 1 is 1.56 bits per heavy atom. The quantitative estimate of drug-likeness (QED) is 0.708. The van der Waals surface area contributed by atoms with E-state index in [2.05, 4.69) is 23.7 Å². The van der Waals surface area contributed by atoms with Crippen molar-refractivity contribution in [2.24, 2.45) is 0 Å². The predicted octanol–water partition coefficient (Wildman–Crippen LogP) is 1.51. The highest BCUT2D eigenvalue weighted by Gasteiger charge is 2.32. The SMILES string of the molecule is CC1(C)COCCN1c1ncccc1C=O. The van der Waals surface area contributed by atoms with Gasteiger partial charge in [-0.3, -0.25) is 4.79 Å². The highest BCUT2D eigenvalue weighted by molar-refractivity contribution is 5.83.